The first-order valence-corrected chi connectivity index (χ1v) is 12.2. The monoisotopic (exact) mass is 469 g/mol. The molecule has 34 heavy (non-hydrogen) atoms. The first-order valence-electron chi connectivity index (χ1n) is 12.2. The van der Waals surface area contributed by atoms with Crippen LogP contribution in [0.1, 0.15) is 79.2 Å². The lowest BCUT2D eigenvalue weighted by molar-refractivity contribution is -0.0384. The SMILES string of the molecule is Cc1nc2nc(N3CCO[C@H](c4cnn(C5CC5)c4)C3)nc(C3CCC(F)(F)CC3)c2nc1C. The van der Waals surface area contributed by atoms with E-state index in [1.54, 1.807) is 0 Å². The number of rotatable bonds is 4. The van der Waals surface area contributed by atoms with Gasteiger partial charge in [0.1, 0.15) is 11.6 Å². The van der Waals surface area contributed by atoms with Crippen molar-refractivity contribution in [2.24, 2.45) is 0 Å². The van der Waals surface area contributed by atoms with E-state index >= 15 is 0 Å². The fourth-order valence-electron chi connectivity index (χ4n) is 4.95. The van der Waals surface area contributed by atoms with Crippen LogP contribution in [0.15, 0.2) is 12.4 Å². The van der Waals surface area contributed by atoms with Crippen LogP contribution in [0.25, 0.3) is 11.2 Å². The molecular formula is C24H29F2N7O. The summed E-state index contributed by atoms with van der Waals surface area (Å²) in [5.41, 5.74) is 4.59. The molecule has 2 saturated carbocycles. The first-order chi connectivity index (χ1) is 16.4. The number of hydrogen-bond acceptors (Lipinski definition) is 7. The van der Waals surface area contributed by atoms with Gasteiger partial charge in [-0.05, 0) is 39.5 Å². The van der Waals surface area contributed by atoms with E-state index in [9.17, 15) is 8.78 Å². The van der Waals surface area contributed by atoms with Crippen LogP contribution in [0.5, 0.6) is 0 Å². The average molecular weight is 470 g/mol. The summed E-state index contributed by atoms with van der Waals surface area (Å²) in [5.74, 6) is -2.10. The molecule has 2 aliphatic carbocycles. The molecule has 0 bridgehead atoms. The summed E-state index contributed by atoms with van der Waals surface area (Å²) in [4.78, 5) is 21.2. The maximum Gasteiger partial charge on any atom is 0.248 e. The number of anilines is 1. The lowest BCUT2D eigenvalue weighted by atomic mass is 9.84. The van der Waals surface area contributed by atoms with Crippen molar-refractivity contribution in [1.82, 2.24) is 29.7 Å². The van der Waals surface area contributed by atoms with E-state index in [1.165, 1.54) is 12.8 Å². The van der Waals surface area contributed by atoms with Crippen molar-refractivity contribution < 1.29 is 13.5 Å². The standard InChI is InChI=1S/C24H29F2N7O/c1-14-15(2)29-22-21(28-14)20(16-5-7-24(25,26)8-6-16)30-23(31-22)32-9-10-34-19(13-32)17-11-27-33(12-17)18-3-4-18/h11-12,16,18-19H,3-10,13H2,1-2H3/t19-/m0/s1. The molecule has 0 spiro atoms. The summed E-state index contributed by atoms with van der Waals surface area (Å²) in [6.45, 7) is 5.61. The van der Waals surface area contributed by atoms with Crippen molar-refractivity contribution in [1.29, 1.82) is 0 Å². The van der Waals surface area contributed by atoms with Gasteiger partial charge in [-0.25, -0.2) is 23.7 Å². The zero-order valence-electron chi connectivity index (χ0n) is 19.5. The highest BCUT2D eigenvalue weighted by Crippen LogP contribution is 2.42. The van der Waals surface area contributed by atoms with Gasteiger partial charge in [0, 0.05) is 37.1 Å². The molecule has 180 valence electrons. The summed E-state index contributed by atoms with van der Waals surface area (Å²) in [7, 11) is 0. The van der Waals surface area contributed by atoms with Crippen molar-refractivity contribution >= 4 is 17.1 Å². The highest BCUT2D eigenvalue weighted by Gasteiger charge is 2.37. The van der Waals surface area contributed by atoms with E-state index in [4.69, 9.17) is 19.7 Å². The van der Waals surface area contributed by atoms with Crippen LogP contribution < -0.4 is 4.90 Å². The number of aryl methyl sites for hydroxylation is 2. The van der Waals surface area contributed by atoms with E-state index in [-0.39, 0.29) is 24.9 Å². The number of morpholine rings is 1. The number of ether oxygens (including phenoxy) is 1. The fraction of sp³-hybridized carbons (Fsp3) is 0.625. The van der Waals surface area contributed by atoms with Gasteiger partial charge in [0.05, 0.1) is 42.5 Å². The van der Waals surface area contributed by atoms with Crippen LogP contribution in [0.3, 0.4) is 0 Å². The number of fused-ring (bicyclic) bond motifs is 1. The lowest BCUT2D eigenvalue weighted by Gasteiger charge is -2.33. The second-order valence-electron chi connectivity index (χ2n) is 9.90. The van der Waals surface area contributed by atoms with Gasteiger partial charge in [0.15, 0.2) is 5.65 Å². The molecule has 3 aliphatic rings. The van der Waals surface area contributed by atoms with Gasteiger partial charge in [0.25, 0.3) is 0 Å². The van der Waals surface area contributed by atoms with Gasteiger partial charge in [-0.1, -0.05) is 0 Å². The highest BCUT2D eigenvalue weighted by atomic mass is 19.3. The van der Waals surface area contributed by atoms with Crippen LogP contribution in [-0.4, -0.2) is 55.3 Å². The van der Waals surface area contributed by atoms with Crippen molar-refractivity contribution in [3.05, 3.63) is 35.0 Å². The molecule has 4 heterocycles. The zero-order chi connectivity index (χ0) is 23.4. The van der Waals surface area contributed by atoms with Crippen LogP contribution in [-0.2, 0) is 4.74 Å². The van der Waals surface area contributed by atoms with Crippen LogP contribution >= 0.6 is 0 Å². The largest absolute Gasteiger partial charge is 0.370 e. The quantitative estimate of drug-likeness (QED) is 0.559. The van der Waals surface area contributed by atoms with Crippen LogP contribution in [0.2, 0.25) is 0 Å². The highest BCUT2D eigenvalue weighted by molar-refractivity contribution is 5.75. The van der Waals surface area contributed by atoms with Crippen molar-refractivity contribution in [3.8, 4) is 0 Å². The second kappa shape index (κ2) is 8.18. The predicted octanol–water partition coefficient (Wildman–Crippen LogP) is 4.44. The molecule has 0 aromatic carbocycles. The molecule has 3 fully saturated rings. The van der Waals surface area contributed by atoms with E-state index in [2.05, 4.69) is 21.2 Å². The molecule has 8 nitrogen and oxygen atoms in total. The van der Waals surface area contributed by atoms with Crippen molar-refractivity contribution in [2.75, 3.05) is 24.6 Å². The number of aromatic nitrogens is 6. The van der Waals surface area contributed by atoms with E-state index < -0.39 is 5.92 Å². The Kier molecular flexibility index (Phi) is 5.24. The van der Waals surface area contributed by atoms with Crippen LogP contribution in [0, 0.1) is 13.8 Å². The molecule has 1 saturated heterocycles. The topological polar surface area (TPSA) is 81.9 Å². The number of hydrogen-bond donors (Lipinski definition) is 0. The minimum atomic E-state index is -2.59. The van der Waals surface area contributed by atoms with Gasteiger partial charge < -0.3 is 9.64 Å². The van der Waals surface area contributed by atoms with Gasteiger partial charge >= 0.3 is 0 Å². The lowest BCUT2D eigenvalue weighted by Crippen LogP contribution is -2.39. The first kappa shape index (κ1) is 21.8. The summed E-state index contributed by atoms with van der Waals surface area (Å²) < 4.78 is 35.8. The minimum Gasteiger partial charge on any atom is -0.370 e. The van der Waals surface area contributed by atoms with Gasteiger partial charge in [-0.2, -0.15) is 10.1 Å². The molecule has 10 heteroatoms. The maximum atomic E-state index is 13.9. The third-order valence-corrected chi connectivity index (χ3v) is 7.32. The normalized spacial score (nSPS) is 23.5. The van der Waals surface area contributed by atoms with E-state index in [1.807, 2.05) is 24.7 Å². The van der Waals surface area contributed by atoms with Gasteiger partial charge in [-0.3, -0.25) is 4.68 Å². The van der Waals surface area contributed by atoms with Gasteiger partial charge in [-0.15, -0.1) is 0 Å². The number of alkyl halides is 2. The third kappa shape index (κ3) is 4.12. The zero-order valence-corrected chi connectivity index (χ0v) is 19.5. The maximum absolute atomic E-state index is 13.9. The van der Waals surface area contributed by atoms with E-state index in [0.717, 1.165) is 22.6 Å². The molecule has 6 rings (SSSR count). The van der Waals surface area contributed by atoms with E-state index in [0.29, 0.717) is 55.7 Å². The van der Waals surface area contributed by atoms with Crippen molar-refractivity contribution in [2.45, 2.75) is 76.4 Å². The second-order valence-corrected chi connectivity index (χ2v) is 9.90. The molecular weight excluding hydrogens is 440 g/mol. The average Bonchev–Trinajstić information content (AvgIpc) is 3.56. The Morgan fingerprint density at radius 2 is 1.76 bits per heavy atom. The molecule has 0 unspecified atom stereocenters. The third-order valence-electron chi connectivity index (χ3n) is 7.32. The summed E-state index contributed by atoms with van der Waals surface area (Å²) >= 11 is 0. The molecule has 1 aliphatic heterocycles. The Balaban J connectivity index is 1.33. The number of halogens is 2. The molecule has 1 atom stereocenters. The fourth-order valence-corrected chi connectivity index (χ4v) is 4.95. The number of nitrogens with zero attached hydrogens (tertiary/aromatic N) is 7. The smallest absolute Gasteiger partial charge is 0.248 e. The molecule has 3 aromatic heterocycles. The van der Waals surface area contributed by atoms with Crippen LogP contribution in [0.4, 0.5) is 14.7 Å². The summed E-state index contributed by atoms with van der Waals surface area (Å²) in [6, 6.07) is 0.521. The Labute approximate surface area is 196 Å². The Hall–Kier alpha value is -2.75. The molecule has 0 radical (unpaired) electrons. The molecule has 0 N–H and O–H groups in total. The Morgan fingerprint density at radius 1 is 1.00 bits per heavy atom. The van der Waals surface area contributed by atoms with Gasteiger partial charge in [0.2, 0.25) is 11.9 Å². The predicted molar refractivity (Wildman–Crippen MR) is 122 cm³/mol. The van der Waals surface area contributed by atoms with Crippen molar-refractivity contribution in [3.63, 3.8) is 0 Å². The minimum absolute atomic E-state index is 0.0751. The Bertz CT molecular complexity index is 1220. The molecule has 0 amide bonds. The summed E-state index contributed by atoms with van der Waals surface area (Å²) in [6.07, 6.45) is 6.74. The Morgan fingerprint density at radius 3 is 2.53 bits per heavy atom. The molecule has 3 aromatic rings. The summed E-state index contributed by atoms with van der Waals surface area (Å²) in [5, 5.41) is 4.50.